The lowest BCUT2D eigenvalue weighted by atomic mass is 9.85. The molecule has 9 nitrogen and oxygen atoms in total. The second-order valence-corrected chi connectivity index (χ2v) is 10.3. The molecule has 1 aliphatic rings. The van der Waals surface area contributed by atoms with Crippen molar-refractivity contribution in [2.45, 2.75) is 12.8 Å². The second kappa shape index (κ2) is 12.8. The minimum Gasteiger partial charge on any atom is -0.468 e. The molecule has 1 atom stereocenters. The number of nitrogens with one attached hydrogen (secondary N) is 3. The highest BCUT2D eigenvalue weighted by atomic mass is 35.5. The minimum absolute atomic E-state index is 0.0518. The van der Waals surface area contributed by atoms with Gasteiger partial charge in [0, 0.05) is 21.4 Å². The zero-order valence-electron chi connectivity index (χ0n) is 21.2. The number of thioether (sulfide) groups is 1. The molecule has 2 aromatic carbocycles. The Bertz CT molecular complexity index is 1560. The van der Waals surface area contributed by atoms with Gasteiger partial charge in [-0.2, -0.15) is 5.26 Å². The summed E-state index contributed by atoms with van der Waals surface area (Å²) in [4.78, 5) is 38.5. The van der Waals surface area contributed by atoms with E-state index in [-0.39, 0.29) is 34.1 Å². The Kier molecular flexibility index (Phi) is 9.22. The van der Waals surface area contributed by atoms with E-state index in [0.717, 1.165) is 11.8 Å². The van der Waals surface area contributed by atoms with E-state index in [0.29, 0.717) is 32.2 Å². The largest absolute Gasteiger partial charge is 0.468 e. The second-order valence-electron chi connectivity index (χ2n) is 8.45. The molecule has 0 saturated carbocycles. The van der Waals surface area contributed by atoms with Gasteiger partial charge in [0.05, 0.1) is 58.5 Å². The number of para-hydroxylation sites is 1. The van der Waals surface area contributed by atoms with Crippen molar-refractivity contribution in [3.63, 3.8) is 0 Å². The first-order valence-electron chi connectivity index (χ1n) is 11.7. The third-order valence-corrected chi connectivity index (χ3v) is 7.25. The Morgan fingerprint density at radius 1 is 1.10 bits per heavy atom. The van der Waals surface area contributed by atoms with E-state index >= 15 is 0 Å². The smallest absolute Gasteiger partial charge is 0.339 e. The van der Waals surface area contributed by atoms with Crippen molar-refractivity contribution >= 4 is 64.1 Å². The van der Waals surface area contributed by atoms with Crippen LogP contribution in [-0.2, 0) is 14.3 Å². The van der Waals surface area contributed by atoms with Crippen molar-refractivity contribution in [3.05, 3.63) is 104 Å². The zero-order chi connectivity index (χ0) is 28.8. The molecule has 12 heteroatoms. The molecule has 4 rings (SSSR count). The third kappa shape index (κ3) is 6.51. The highest BCUT2D eigenvalue weighted by molar-refractivity contribution is 8.03. The molecule has 0 aliphatic carbocycles. The topological polar surface area (TPSA) is 133 Å². The Morgan fingerprint density at radius 2 is 1.82 bits per heavy atom. The van der Waals surface area contributed by atoms with Crippen molar-refractivity contribution in [1.29, 1.82) is 5.26 Å². The van der Waals surface area contributed by atoms with Crippen LogP contribution >= 0.6 is 35.0 Å². The summed E-state index contributed by atoms with van der Waals surface area (Å²) < 4.78 is 10.4. The number of nitrogens with zero attached hydrogens (tertiary/aromatic N) is 1. The van der Waals surface area contributed by atoms with Gasteiger partial charge in [0.15, 0.2) is 0 Å². The van der Waals surface area contributed by atoms with E-state index < -0.39 is 17.8 Å². The number of halogens is 2. The molecule has 1 aromatic heterocycles. The molecule has 2 amide bonds. The maximum absolute atomic E-state index is 13.6. The number of carbonyl (C=O) groups excluding carboxylic acids is 3. The fourth-order valence-corrected chi connectivity index (χ4v) is 5.52. The number of esters is 1. The van der Waals surface area contributed by atoms with Crippen LogP contribution in [0, 0.1) is 11.3 Å². The van der Waals surface area contributed by atoms with E-state index in [4.69, 9.17) is 32.4 Å². The summed E-state index contributed by atoms with van der Waals surface area (Å²) in [5.41, 5.74) is 1.71. The molecule has 1 aliphatic heterocycles. The van der Waals surface area contributed by atoms with E-state index in [2.05, 4.69) is 22.0 Å². The number of rotatable bonds is 8. The summed E-state index contributed by atoms with van der Waals surface area (Å²) >= 11 is 13.1. The molecule has 3 N–H and O–H groups in total. The van der Waals surface area contributed by atoms with Gasteiger partial charge in [0.2, 0.25) is 5.91 Å². The number of allylic oxidation sites excluding steroid dienone is 2. The van der Waals surface area contributed by atoms with Gasteiger partial charge in [-0.15, -0.1) is 0 Å². The van der Waals surface area contributed by atoms with Crippen molar-refractivity contribution < 1.29 is 23.5 Å². The molecule has 0 bridgehead atoms. The van der Waals surface area contributed by atoms with Crippen molar-refractivity contribution in [1.82, 2.24) is 5.32 Å². The Hall–Kier alpha value is -4.17. The number of furan rings is 1. The third-order valence-electron chi connectivity index (χ3n) is 5.79. The Morgan fingerprint density at radius 3 is 2.48 bits per heavy atom. The predicted octanol–water partition coefficient (Wildman–Crippen LogP) is 6.08. The fraction of sp³-hybridized carbons (Fsp3) is 0.143. The summed E-state index contributed by atoms with van der Waals surface area (Å²) in [6.45, 7) is 1.68. The number of hydrogen-bond acceptors (Lipinski definition) is 8. The summed E-state index contributed by atoms with van der Waals surface area (Å²) in [6.07, 6.45) is 1.44. The van der Waals surface area contributed by atoms with Crippen LogP contribution < -0.4 is 16.0 Å². The number of methoxy groups -OCH3 is 1. The quantitative estimate of drug-likeness (QED) is 0.266. The van der Waals surface area contributed by atoms with Crippen molar-refractivity contribution in [2.24, 2.45) is 0 Å². The van der Waals surface area contributed by atoms with Crippen molar-refractivity contribution in [3.8, 4) is 6.07 Å². The minimum atomic E-state index is -0.871. The van der Waals surface area contributed by atoms with Gasteiger partial charge >= 0.3 is 5.97 Å². The molecule has 0 saturated heterocycles. The molecule has 0 fully saturated rings. The number of dihydropyridines is 1. The average Bonchev–Trinajstić information content (AvgIpc) is 3.45. The molecule has 204 valence electrons. The number of hydrogen-bond donors (Lipinski definition) is 3. The van der Waals surface area contributed by atoms with Gasteiger partial charge in [0.25, 0.3) is 5.91 Å². The summed E-state index contributed by atoms with van der Waals surface area (Å²) in [7, 11) is 1.25. The average molecular weight is 597 g/mol. The van der Waals surface area contributed by atoms with Gasteiger partial charge in [-0.3, -0.25) is 9.59 Å². The van der Waals surface area contributed by atoms with Crippen LogP contribution in [-0.4, -0.2) is 30.6 Å². The van der Waals surface area contributed by atoms with E-state index in [1.807, 2.05) is 0 Å². The van der Waals surface area contributed by atoms with E-state index in [9.17, 15) is 19.6 Å². The van der Waals surface area contributed by atoms with Gasteiger partial charge in [-0.25, -0.2) is 4.79 Å². The van der Waals surface area contributed by atoms with Gasteiger partial charge in [-0.1, -0.05) is 47.1 Å². The van der Waals surface area contributed by atoms with Crippen LogP contribution in [0.3, 0.4) is 0 Å². The highest BCUT2D eigenvalue weighted by Gasteiger charge is 2.37. The first-order chi connectivity index (χ1) is 19.2. The maximum atomic E-state index is 13.6. The lowest BCUT2D eigenvalue weighted by molar-refractivity contribution is -0.114. The maximum Gasteiger partial charge on any atom is 0.339 e. The molecule has 40 heavy (non-hydrogen) atoms. The predicted molar refractivity (Wildman–Crippen MR) is 154 cm³/mol. The number of amides is 2. The standard InChI is InChI=1S/C28H22Cl2N4O5S/c1-15-24(26(36)34-21-7-4-3-6-19(21)28(37)38-2)25(22-8-5-9-39-22)20(13-31)27(32-15)40-14-23(35)33-18-11-16(29)10-17(30)12-18/h3-12,25,32H,14H2,1-2H3,(H,33,35)(H,34,36)/t25-/m0/s1. The summed E-state index contributed by atoms with van der Waals surface area (Å²) in [5.74, 6) is -2.07. The Labute approximate surface area is 244 Å². The molecule has 0 unspecified atom stereocenters. The first kappa shape index (κ1) is 28.8. The van der Waals surface area contributed by atoms with Crippen molar-refractivity contribution in [2.75, 3.05) is 23.5 Å². The van der Waals surface area contributed by atoms with Crippen LogP contribution in [0.15, 0.2) is 87.1 Å². The normalized spacial score (nSPS) is 14.7. The van der Waals surface area contributed by atoms with Gasteiger partial charge < -0.3 is 25.1 Å². The number of carbonyl (C=O) groups is 3. The van der Waals surface area contributed by atoms with Crippen LogP contribution in [0.5, 0.6) is 0 Å². The van der Waals surface area contributed by atoms with Crippen LogP contribution in [0.25, 0.3) is 0 Å². The van der Waals surface area contributed by atoms with Crippen LogP contribution in [0.2, 0.25) is 10.0 Å². The lowest BCUT2D eigenvalue weighted by Crippen LogP contribution is -2.31. The lowest BCUT2D eigenvalue weighted by Gasteiger charge is -2.28. The molecule has 0 spiro atoms. The molecular weight excluding hydrogens is 575 g/mol. The molecule has 2 heterocycles. The van der Waals surface area contributed by atoms with E-state index in [1.165, 1.54) is 19.4 Å². The number of ether oxygens (including phenoxy) is 1. The van der Waals surface area contributed by atoms with Crippen LogP contribution in [0.4, 0.5) is 11.4 Å². The van der Waals surface area contributed by atoms with E-state index in [1.54, 1.807) is 55.5 Å². The fourth-order valence-electron chi connectivity index (χ4n) is 4.10. The SMILES string of the molecule is COC(=O)c1ccccc1NC(=O)C1=C(C)NC(SCC(=O)Nc2cc(Cl)cc(Cl)c2)=C(C#N)[C@H]1c1ccco1. The zero-order valence-corrected chi connectivity index (χ0v) is 23.5. The molecular formula is C28H22Cl2N4O5S. The number of benzene rings is 2. The first-order valence-corrected chi connectivity index (χ1v) is 13.5. The molecule has 0 radical (unpaired) electrons. The monoisotopic (exact) mass is 596 g/mol. The van der Waals surface area contributed by atoms with Gasteiger partial charge in [-0.05, 0) is 49.4 Å². The molecule has 3 aromatic rings. The summed E-state index contributed by atoms with van der Waals surface area (Å²) in [6, 6.07) is 16.6. The van der Waals surface area contributed by atoms with Crippen LogP contribution in [0.1, 0.15) is 29.0 Å². The summed E-state index contributed by atoms with van der Waals surface area (Å²) in [5, 5.41) is 19.9. The van der Waals surface area contributed by atoms with Gasteiger partial charge in [0.1, 0.15) is 5.76 Å². The Balaban J connectivity index is 1.60. The highest BCUT2D eigenvalue weighted by Crippen LogP contribution is 2.41. The number of anilines is 2. The number of nitriles is 1.